The van der Waals surface area contributed by atoms with E-state index in [0.29, 0.717) is 6.42 Å². The third kappa shape index (κ3) is 4.21. The van der Waals surface area contributed by atoms with Crippen molar-refractivity contribution in [3.05, 3.63) is 59.7 Å². The smallest absolute Gasteiger partial charge is 0.335 e. The molecule has 25 heavy (non-hydrogen) atoms. The van der Waals surface area contributed by atoms with Crippen molar-refractivity contribution in [1.29, 1.82) is 0 Å². The number of carboxylic acids is 1. The number of carbonyl (C=O) groups is 2. The summed E-state index contributed by atoms with van der Waals surface area (Å²) < 4.78 is 0. The van der Waals surface area contributed by atoms with E-state index >= 15 is 0 Å². The number of nitrogens with zero attached hydrogens (tertiary/aromatic N) is 1. The Hall–Kier alpha value is -2.31. The second-order valence-electron chi connectivity index (χ2n) is 6.03. The van der Waals surface area contributed by atoms with Crippen molar-refractivity contribution in [3.63, 3.8) is 0 Å². The number of carbonyl (C=O) groups excluding carboxylic acids is 1. The summed E-state index contributed by atoms with van der Waals surface area (Å²) in [6.07, 6.45) is 0.495. The number of amides is 1. The van der Waals surface area contributed by atoms with Crippen LogP contribution in [0.1, 0.15) is 15.9 Å². The van der Waals surface area contributed by atoms with Crippen molar-refractivity contribution in [2.75, 3.05) is 18.2 Å². The number of rotatable bonds is 5. The zero-order valence-corrected chi connectivity index (χ0v) is 14.5. The maximum atomic E-state index is 12.3. The van der Waals surface area contributed by atoms with Crippen LogP contribution in [0.15, 0.2) is 48.5 Å². The molecule has 2 aromatic carbocycles. The van der Waals surface area contributed by atoms with Crippen molar-refractivity contribution in [2.24, 2.45) is 5.73 Å². The van der Waals surface area contributed by atoms with Crippen LogP contribution >= 0.6 is 11.8 Å². The monoisotopic (exact) mass is 356 g/mol. The topological polar surface area (TPSA) is 83.6 Å². The molecular weight excluding hydrogens is 336 g/mol. The van der Waals surface area contributed by atoms with Gasteiger partial charge < -0.3 is 15.7 Å². The summed E-state index contributed by atoms with van der Waals surface area (Å²) in [5.41, 5.74) is 9.10. The van der Waals surface area contributed by atoms with Crippen LogP contribution in [-0.4, -0.2) is 46.1 Å². The van der Waals surface area contributed by atoms with Crippen LogP contribution in [0.3, 0.4) is 0 Å². The van der Waals surface area contributed by atoms with Gasteiger partial charge in [0.05, 0.1) is 17.5 Å². The van der Waals surface area contributed by atoms with Crippen LogP contribution < -0.4 is 5.73 Å². The normalized spacial score (nSPS) is 15.2. The molecule has 1 fully saturated rings. The van der Waals surface area contributed by atoms with Gasteiger partial charge in [-0.1, -0.05) is 36.4 Å². The second kappa shape index (κ2) is 7.72. The maximum absolute atomic E-state index is 12.3. The zero-order chi connectivity index (χ0) is 17.8. The van der Waals surface area contributed by atoms with Gasteiger partial charge in [-0.05, 0) is 35.2 Å². The van der Waals surface area contributed by atoms with Gasteiger partial charge in [-0.2, -0.15) is 0 Å². The minimum absolute atomic E-state index is 0.00300. The lowest BCUT2D eigenvalue weighted by Gasteiger charge is -2.19. The number of benzene rings is 2. The fourth-order valence-corrected chi connectivity index (χ4v) is 3.78. The molecule has 1 aliphatic heterocycles. The molecule has 1 atom stereocenters. The van der Waals surface area contributed by atoms with Crippen LogP contribution in [0.4, 0.5) is 0 Å². The highest BCUT2D eigenvalue weighted by molar-refractivity contribution is 7.99. The van der Waals surface area contributed by atoms with Gasteiger partial charge >= 0.3 is 5.97 Å². The Labute approximate surface area is 150 Å². The first-order valence-corrected chi connectivity index (χ1v) is 9.25. The Balaban J connectivity index is 1.68. The molecule has 0 bridgehead atoms. The van der Waals surface area contributed by atoms with Gasteiger partial charge in [0.15, 0.2) is 0 Å². The van der Waals surface area contributed by atoms with Crippen molar-refractivity contribution in [1.82, 2.24) is 4.90 Å². The van der Waals surface area contributed by atoms with E-state index in [2.05, 4.69) is 0 Å². The summed E-state index contributed by atoms with van der Waals surface area (Å²) in [5, 5.41) is 9.09. The van der Waals surface area contributed by atoms with E-state index in [9.17, 15) is 9.59 Å². The molecule has 5 nitrogen and oxygen atoms in total. The van der Waals surface area contributed by atoms with E-state index in [1.54, 1.807) is 34.9 Å². The minimum atomic E-state index is -0.942. The van der Waals surface area contributed by atoms with Crippen LogP contribution in [0.5, 0.6) is 0 Å². The predicted octanol–water partition coefficient (Wildman–Crippen LogP) is 2.45. The summed E-state index contributed by atoms with van der Waals surface area (Å²) in [7, 11) is 0. The average Bonchev–Trinajstić information content (AvgIpc) is 3.16. The van der Waals surface area contributed by atoms with Crippen molar-refractivity contribution >= 4 is 23.6 Å². The first-order valence-electron chi connectivity index (χ1n) is 8.09. The average molecular weight is 356 g/mol. The standard InChI is InChI=1S/C19H20N2O3S/c20-17(18(22)21-8-9-25-12-21)10-13-4-6-14(7-5-13)15-2-1-3-16(11-15)19(23)24/h1-7,11,17H,8-10,12,20H2,(H,23,24)/t17-/m0/s1. The van der Waals surface area contributed by atoms with Gasteiger partial charge in [0.1, 0.15) is 0 Å². The van der Waals surface area contributed by atoms with Gasteiger partial charge in [0.2, 0.25) is 5.91 Å². The highest BCUT2D eigenvalue weighted by Gasteiger charge is 2.24. The molecule has 0 saturated carbocycles. The van der Waals surface area contributed by atoms with Gasteiger partial charge in [-0.25, -0.2) is 4.79 Å². The van der Waals surface area contributed by atoms with E-state index in [-0.39, 0.29) is 11.5 Å². The molecule has 2 aromatic rings. The third-order valence-corrected chi connectivity index (χ3v) is 5.20. The number of hydrogen-bond acceptors (Lipinski definition) is 4. The molecule has 1 amide bonds. The number of carboxylic acid groups (broad SMARTS) is 1. The van der Waals surface area contributed by atoms with E-state index in [4.69, 9.17) is 10.8 Å². The van der Waals surface area contributed by atoms with Gasteiger partial charge in [0, 0.05) is 12.3 Å². The molecule has 1 aliphatic rings. The van der Waals surface area contributed by atoms with Gasteiger partial charge in [-0.3, -0.25) is 4.79 Å². The highest BCUT2D eigenvalue weighted by Crippen LogP contribution is 2.22. The fraction of sp³-hybridized carbons (Fsp3) is 0.263. The maximum Gasteiger partial charge on any atom is 0.335 e. The summed E-state index contributed by atoms with van der Waals surface area (Å²) in [6.45, 7) is 0.774. The van der Waals surface area contributed by atoms with Crippen LogP contribution in [-0.2, 0) is 11.2 Å². The minimum Gasteiger partial charge on any atom is -0.478 e. The number of hydrogen-bond donors (Lipinski definition) is 2. The number of nitrogens with two attached hydrogens (primary N) is 1. The molecular formula is C19H20N2O3S. The summed E-state index contributed by atoms with van der Waals surface area (Å²) in [4.78, 5) is 25.2. The SMILES string of the molecule is N[C@@H](Cc1ccc(-c2cccc(C(=O)O)c2)cc1)C(=O)N1CCSC1. The van der Waals surface area contributed by atoms with Gasteiger partial charge in [-0.15, -0.1) is 11.8 Å². The van der Waals surface area contributed by atoms with Crippen molar-refractivity contribution < 1.29 is 14.7 Å². The first kappa shape index (κ1) is 17.5. The molecule has 0 spiro atoms. The quantitative estimate of drug-likeness (QED) is 0.860. The van der Waals surface area contributed by atoms with Crippen LogP contribution in [0.25, 0.3) is 11.1 Å². The lowest BCUT2D eigenvalue weighted by Crippen LogP contribution is -2.43. The third-order valence-electron chi connectivity index (χ3n) is 4.23. The molecule has 1 heterocycles. The fourth-order valence-electron chi connectivity index (χ4n) is 2.83. The Morgan fingerprint density at radius 3 is 2.56 bits per heavy atom. The summed E-state index contributed by atoms with van der Waals surface area (Å²) in [6, 6.07) is 14.0. The van der Waals surface area contributed by atoms with E-state index < -0.39 is 12.0 Å². The molecule has 3 rings (SSSR count). The Kier molecular flexibility index (Phi) is 5.40. The molecule has 0 unspecified atom stereocenters. The lowest BCUT2D eigenvalue weighted by atomic mass is 9.99. The second-order valence-corrected chi connectivity index (χ2v) is 7.11. The molecule has 0 aliphatic carbocycles. The first-order chi connectivity index (χ1) is 12.0. The lowest BCUT2D eigenvalue weighted by molar-refractivity contribution is -0.131. The predicted molar refractivity (Wildman–Crippen MR) is 99.6 cm³/mol. The van der Waals surface area contributed by atoms with Crippen molar-refractivity contribution in [3.8, 4) is 11.1 Å². The molecule has 3 N–H and O–H groups in total. The molecule has 1 saturated heterocycles. The molecule has 130 valence electrons. The largest absolute Gasteiger partial charge is 0.478 e. The Morgan fingerprint density at radius 2 is 1.92 bits per heavy atom. The summed E-state index contributed by atoms with van der Waals surface area (Å²) >= 11 is 1.74. The van der Waals surface area contributed by atoms with Gasteiger partial charge in [0.25, 0.3) is 0 Å². The van der Waals surface area contributed by atoms with Crippen molar-refractivity contribution in [2.45, 2.75) is 12.5 Å². The highest BCUT2D eigenvalue weighted by atomic mass is 32.2. The van der Waals surface area contributed by atoms with E-state index in [1.807, 2.05) is 30.3 Å². The summed E-state index contributed by atoms with van der Waals surface area (Å²) in [5.74, 6) is 0.764. The Bertz CT molecular complexity index is 770. The van der Waals surface area contributed by atoms with Crippen LogP contribution in [0.2, 0.25) is 0 Å². The van der Waals surface area contributed by atoms with Crippen LogP contribution in [0, 0.1) is 0 Å². The molecule has 6 heteroatoms. The van der Waals surface area contributed by atoms with E-state index in [0.717, 1.165) is 34.9 Å². The molecule has 0 radical (unpaired) electrons. The Morgan fingerprint density at radius 1 is 1.16 bits per heavy atom. The zero-order valence-electron chi connectivity index (χ0n) is 13.7. The number of aromatic carboxylic acids is 1. The van der Waals surface area contributed by atoms with E-state index in [1.165, 1.54) is 0 Å². The number of thioether (sulfide) groups is 1. The molecule has 0 aromatic heterocycles.